The molecule has 22 heavy (non-hydrogen) atoms. The minimum absolute atomic E-state index is 0.0933. The second-order valence-electron chi connectivity index (χ2n) is 5.81. The molecule has 4 heteroatoms. The first kappa shape index (κ1) is 15.4. The molecule has 0 aliphatic heterocycles. The van der Waals surface area contributed by atoms with Crippen molar-refractivity contribution in [1.29, 1.82) is 0 Å². The van der Waals surface area contributed by atoms with Crippen LogP contribution in [0.5, 0.6) is 0 Å². The van der Waals surface area contributed by atoms with Crippen molar-refractivity contribution in [3.63, 3.8) is 0 Å². The topological polar surface area (TPSA) is 29.1 Å². The summed E-state index contributed by atoms with van der Waals surface area (Å²) in [4.78, 5) is 0.837. The second kappa shape index (κ2) is 6.31. The van der Waals surface area contributed by atoms with E-state index in [1.165, 1.54) is 6.07 Å². The van der Waals surface area contributed by atoms with Crippen LogP contribution in [0.15, 0.2) is 47.4 Å². The van der Waals surface area contributed by atoms with Gasteiger partial charge >= 0.3 is 0 Å². The van der Waals surface area contributed by atoms with Crippen LogP contribution in [0.25, 0.3) is 0 Å². The lowest BCUT2D eigenvalue weighted by Gasteiger charge is -2.21. The molecule has 1 N–H and O–H groups in total. The summed E-state index contributed by atoms with van der Waals surface area (Å²) in [6.07, 6.45) is 3.40. The van der Waals surface area contributed by atoms with Gasteiger partial charge in [-0.1, -0.05) is 24.3 Å². The summed E-state index contributed by atoms with van der Waals surface area (Å²) in [5.41, 5.74) is 3.08. The molecule has 0 unspecified atom stereocenters. The maximum Gasteiger partial charge on any atom is 0.126 e. The van der Waals surface area contributed by atoms with Crippen LogP contribution in [0, 0.1) is 5.82 Å². The number of nitrogens with one attached hydrogen (secondary N) is 1. The van der Waals surface area contributed by atoms with E-state index < -0.39 is 10.8 Å². The lowest BCUT2D eigenvalue weighted by atomic mass is 10.0. The first-order valence-electron chi connectivity index (χ1n) is 7.53. The quantitative estimate of drug-likeness (QED) is 0.926. The van der Waals surface area contributed by atoms with Crippen LogP contribution in [-0.2, 0) is 17.2 Å². The van der Waals surface area contributed by atoms with Gasteiger partial charge in [-0.25, -0.2) is 4.39 Å². The number of rotatable bonds is 4. The Balaban J connectivity index is 1.74. The van der Waals surface area contributed by atoms with E-state index in [1.807, 2.05) is 30.3 Å². The molecule has 1 aliphatic rings. The molecule has 2 nitrogen and oxygen atoms in total. The smallest absolute Gasteiger partial charge is 0.126 e. The SMILES string of the molecule is C[C@H](N[C@@H]1CCc2c(F)cccc21)c1ccc([S@](C)=O)cc1. The molecule has 0 bridgehead atoms. The van der Waals surface area contributed by atoms with E-state index in [9.17, 15) is 8.60 Å². The third kappa shape index (κ3) is 2.99. The normalized spacial score (nSPS) is 19.7. The molecule has 0 saturated heterocycles. The predicted octanol–water partition coefficient (Wildman–Crippen LogP) is 3.90. The molecule has 2 aromatic carbocycles. The van der Waals surface area contributed by atoms with Crippen LogP contribution in [0.2, 0.25) is 0 Å². The monoisotopic (exact) mass is 317 g/mol. The maximum absolute atomic E-state index is 13.8. The lowest BCUT2D eigenvalue weighted by Crippen LogP contribution is -2.23. The number of halogens is 1. The Kier molecular flexibility index (Phi) is 4.41. The Morgan fingerprint density at radius 3 is 2.64 bits per heavy atom. The highest BCUT2D eigenvalue weighted by molar-refractivity contribution is 7.84. The molecule has 3 atom stereocenters. The third-order valence-electron chi connectivity index (χ3n) is 4.38. The number of hydrogen-bond donors (Lipinski definition) is 1. The van der Waals surface area contributed by atoms with Crippen molar-refractivity contribution in [1.82, 2.24) is 5.32 Å². The molecular weight excluding hydrogens is 297 g/mol. The summed E-state index contributed by atoms with van der Waals surface area (Å²) in [5, 5.41) is 3.58. The Morgan fingerprint density at radius 1 is 1.23 bits per heavy atom. The van der Waals surface area contributed by atoms with Crippen molar-refractivity contribution < 1.29 is 8.60 Å². The molecule has 3 rings (SSSR count). The molecule has 116 valence electrons. The molecule has 0 amide bonds. The fourth-order valence-electron chi connectivity index (χ4n) is 3.13. The molecule has 0 saturated carbocycles. The van der Waals surface area contributed by atoms with Crippen LogP contribution in [0.1, 0.15) is 42.1 Å². The van der Waals surface area contributed by atoms with E-state index in [1.54, 1.807) is 12.3 Å². The number of fused-ring (bicyclic) bond motifs is 1. The van der Waals surface area contributed by atoms with Gasteiger partial charge in [0.25, 0.3) is 0 Å². The van der Waals surface area contributed by atoms with Gasteiger partial charge in [0.05, 0.1) is 0 Å². The zero-order valence-electron chi connectivity index (χ0n) is 12.8. The lowest BCUT2D eigenvalue weighted by molar-refractivity contribution is 0.465. The van der Waals surface area contributed by atoms with Gasteiger partial charge in [-0.05, 0) is 54.7 Å². The largest absolute Gasteiger partial charge is 0.303 e. The number of hydrogen-bond acceptors (Lipinski definition) is 2. The predicted molar refractivity (Wildman–Crippen MR) is 87.8 cm³/mol. The zero-order chi connectivity index (χ0) is 15.7. The summed E-state index contributed by atoms with van der Waals surface area (Å²) < 4.78 is 25.2. The molecule has 0 aromatic heterocycles. The van der Waals surface area contributed by atoms with E-state index in [0.717, 1.165) is 34.4 Å². The average Bonchev–Trinajstić information content (AvgIpc) is 2.92. The zero-order valence-corrected chi connectivity index (χ0v) is 13.6. The van der Waals surface area contributed by atoms with Crippen LogP contribution >= 0.6 is 0 Å². The van der Waals surface area contributed by atoms with Crippen molar-refractivity contribution in [2.75, 3.05) is 6.26 Å². The van der Waals surface area contributed by atoms with Gasteiger partial charge in [-0.15, -0.1) is 0 Å². The van der Waals surface area contributed by atoms with Crippen LogP contribution in [-0.4, -0.2) is 10.5 Å². The van der Waals surface area contributed by atoms with Crippen molar-refractivity contribution in [3.8, 4) is 0 Å². The molecule has 0 heterocycles. The van der Waals surface area contributed by atoms with Crippen LogP contribution in [0.3, 0.4) is 0 Å². The van der Waals surface area contributed by atoms with E-state index >= 15 is 0 Å². The highest BCUT2D eigenvalue weighted by Gasteiger charge is 2.25. The Hall–Kier alpha value is -1.52. The molecule has 0 radical (unpaired) electrons. The van der Waals surface area contributed by atoms with Crippen LogP contribution < -0.4 is 5.32 Å². The average molecular weight is 317 g/mol. The molecule has 2 aromatic rings. The van der Waals surface area contributed by atoms with Gasteiger partial charge in [-0.3, -0.25) is 4.21 Å². The van der Waals surface area contributed by atoms with E-state index in [4.69, 9.17) is 0 Å². The Morgan fingerprint density at radius 2 is 1.95 bits per heavy atom. The second-order valence-corrected chi connectivity index (χ2v) is 7.19. The summed E-state index contributed by atoms with van der Waals surface area (Å²) in [7, 11) is -0.949. The maximum atomic E-state index is 13.8. The molecule has 0 fully saturated rings. The fourth-order valence-corrected chi connectivity index (χ4v) is 3.65. The van der Waals surface area contributed by atoms with Gasteiger partial charge in [0.2, 0.25) is 0 Å². The third-order valence-corrected chi connectivity index (χ3v) is 5.31. The van der Waals surface area contributed by atoms with Gasteiger partial charge in [0.15, 0.2) is 0 Å². The van der Waals surface area contributed by atoms with Gasteiger partial charge in [0, 0.05) is 34.0 Å². The molecule has 1 aliphatic carbocycles. The standard InChI is InChI=1S/C18H20FNOS/c1-12(13-6-8-14(9-7-13)22(2)21)20-18-11-10-15-16(18)4-3-5-17(15)19/h3-9,12,18,20H,10-11H2,1-2H3/t12-,18+,22-/m0/s1. The van der Waals surface area contributed by atoms with Crippen LogP contribution in [0.4, 0.5) is 4.39 Å². The van der Waals surface area contributed by atoms with E-state index in [0.29, 0.717) is 0 Å². The highest BCUT2D eigenvalue weighted by atomic mass is 32.2. The van der Waals surface area contributed by atoms with Gasteiger partial charge < -0.3 is 5.32 Å². The van der Waals surface area contributed by atoms with E-state index in [-0.39, 0.29) is 17.9 Å². The van der Waals surface area contributed by atoms with Gasteiger partial charge in [-0.2, -0.15) is 0 Å². The highest BCUT2D eigenvalue weighted by Crippen LogP contribution is 2.34. The Bertz CT molecular complexity index is 699. The molecular formula is C18H20FNOS. The Labute approximate surface area is 133 Å². The summed E-state index contributed by atoms with van der Waals surface area (Å²) in [6, 6.07) is 13.5. The van der Waals surface area contributed by atoms with Gasteiger partial charge in [0.1, 0.15) is 5.82 Å². The first-order chi connectivity index (χ1) is 10.6. The summed E-state index contributed by atoms with van der Waals surface area (Å²) in [5.74, 6) is -0.0933. The van der Waals surface area contributed by atoms with Crippen molar-refractivity contribution in [2.24, 2.45) is 0 Å². The van der Waals surface area contributed by atoms with Crippen molar-refractivity contribution in [3.05, 3.63) is 65.0 Å². The minimum atomic E-state index is -0.949. The number of benzene rings is 2. The first-order valence-corrected chi connectivity index (χ1v) is 9.09. The van der Waals surface area contributed by atoms with Crippen molar-refractivity contribution >= 4 is 10.8 Å². The minimum Gasteiger partial charge on any atom is -0.303 e. The fraction of sp³-hybridized carbons (Fsp3) is 0.333. The van der Waals surface area contributed by atoms with Crippen molar-refractivity contribution in [2.45, 2.75) is 36.7 Å². The molecule has 0 spiro atoms. The van der Waals surface area contributed by atoms with E-state index in [2.05, 4.69) is 12.2 Å². The summed E-state index contributed by atoms with van der Waals surface area (Å²) in [6.45, 7) is 2.11. The summed E-state index contributed by atoms with van der Waals surface area (Å²) >= 11 is 0.